The predicted octanol–water partition coefficient (Wildman–Crippen LogP) is 1.93. The van der Waals surface area contributed by atoms with Crippen molar-refractivity contribution in [3.63, 3.8) is 0 Å². The molecule has 0 bridgehead atoms. The highest BCUT2D eigenvalue weighted by Gasteiger charge is 2.22. The van der Waals surface area contributed by atoms with Crippen molar-refractivity contribution in [1.82, 2.24) is 0 Å². The minimum Gasteiger partial charge on any atom is -0.490 e. The molecule has 1 aromatic carbocycles. The Morgan fingerprint density at radius 2 is 2.07 bits per heavy atom. The molecular weight excluding hydrogens is 204 g/mol. The van der Waals surface area contributed by atoms with Crippen LogP contribution < -0.4 is 10.1 Å². The van der Waals surface area contributed by atoms with E-state index in [1.807, 2.05) is 0 Å². The van der Waals surface area contributed by atoms with Gasteiger partial charge in [-0.05, 0) is 0 Å². The number of fused-ring (bicyclic) bond motifs is 1. The molecule has 1 aromatic rings. The third kappa shape index (κ3) is 1.77. The normalized spacial score (nSPS) is 19.9. The van der Waals surface area contributed by atoms with E-state index in [1.54, 1.807) is 6.92 Å². The molecule has 0 aliphatic carbocycles. The largest absolute Gasteiger partial charge is 0.490 e. The van der Waals surface area contributed by atoms with Crippen molar-refractivity contribution in [3.05, 3.63) is 23.8 Å². The zero-order valence-corrected chi connectivity index (χ0v) is 8.01. The number of hydrogen-bond acceptors (Lipinski definition) is 2. The first kappa shape index (κ1) is 9.89. The van der Waals surface area contributed by atoms with Crippen molar-refractivity contribution < 1.29 is 18.3 Å². The summed E-state index contributed by atoms with van der Waals surface area (Å²) in [5.74, 6) is -2.44. The van der Waals surface area contributed by atoms with Gasteiger partial charge in [0.2, 0.25) is 5.91 Å². The molecule has 80 valence electrons. The third-order valence-electron chi connectivity index (χ3n) is 2.22. The molecule has 0 spiro atoms. The molecule has 1 atom stereocenters. The maximum absolute atomic E-state index is 12.9. The fourth-order valence-corrected chi connectivity index (χ4v) is 1.29. The number of carbonyl (C=O) groups is 1. The second-order valence-electron chi connectivity index (χ2n) is 3.46. The number of carbonyl (C=O) groups excluding carboxylic acids is 1. The van der Waals surface area contributed by atoms with Gasteiger partial charge in [0.1, 0.15) is 5.75 Å². The second-order valence-corrected chi connectivity index (χ2v) is 3.46. The summed E-state index contributed by atoms with van der Waals surface area (Å²) < 4.78 is 30.9. The summed E-state index contributed by atoms with van der Waals surface area (Å²) in [5, 5.41) is 2.47. The Kier molecular flexibility index (Phi) is 2.30. The van der Waals surface area contributed by atoms with Crippen molar-refractivity contribution in [2.45, 2.75) is 6.92 Å². The molecule has 2 rings (SSSR count). The highest BCUT2D eigenvalue weighted by Crippen LogP contribution is 2.30. The van der Waals surface area contributed by atoms with E-state index in [1.165, 1.54) is 0 Å². The minimum absolute atomic E-state index is 0.157. The van der Waals surface area contributed by atoms with Crippen LogP contribution in [0.25, 0.3) is 0 Å². The third-order valence-corrected chi connectivity index (χ3v) is 2.22. The minimum atomic E-state index is -1.01. The maximum atomic E-state index is 12.9. The van der Waals surface area contributed by atoms with Crippen molar-refractivity contribution in [2.24, 2.45) is 5.92 Å². The molecule has 0 saturated heterocycles. The lowest BCUT2D eigenvalue weighted by Crippen LogP contribution is -2.22. The van der Waals surface area contributed by atoms with E-state index in [2.05, 4.69) is 5.32 Å². The van der Waals surface area contributed by atoms with E-state index in [9.17, 15) is 13.6 Å². The molecule has 3 nitrogen and oxygen atoms in total. The second kappa shape index (κ2) is 3.49. The number of halogens is 2. The van der Waals surface area contributed by atoms with Crippen molar-refractivity contribution in [1.29, 1.82) is 0 Å². The average Bonchev–Trinajstić information content (AvgIpc) is 2.31. The van der Waals surface area contributed by atoms with Crippen molar-refractivity contribution in [2.75, 3.05) is 11.9 Å². The monoisotopic (exact) mass is 213 g/mol. The summed E-state index contributed by atoms with van der Waals surface area (Å²) in [6, 6.07) is 1.85. The van der Waals surface area contributed by atoms with E-state index >= 15 is 0 Å². The molecule has 15 heavy (non-hydrogen) atoms. The van der Waals surface area contributed by atoms with Crippen LogP contribution in [0.4, 0.5) is 14.5 Å². The van der Waals surface area contributed by atoms with Crippen molar-refractivity contribution in [3.8, 4) is 5.75 Å². The Labute approximate surface area is 85.0 Å². The first-order valence-corrected chi connectivity index (χ1v) is 4.50. The first-order chi connectivity index (χ1) is 7.08. The van der Waals surface area contributed by atoms with Gasteiger partial charge in [0.25, 0.3) is 0 Å². The van der Waals surface area contributed by atoms with Crippen LogP contribution in [-0.2, 0) is 4.79 Å². The molecule has 0 radical (unpaired) electrons. The van der Waals surface area contributed by atoms with Crippen LogP contribution in [0, 0.1) is 17.6 Å². The summed E-state index contributed by atoms with van der Waals surface area (Å²) in [6.07, 6.45) is 0. The molecule has 1 amide bonds. The van der Waals surface area contributed by atoms with E-state index in [4.69, 9.17) is 4.74 Å². The number of nitrogens with one attached hydrogen (secondary N) is 1. The Balaban J connectivity index is 2.43. The standard InChI is InChI=1S/C10H9F2NO2/c1-5-4-15-9-3-7(12)6(11)2-8(9)13-10(5)14/h2-3,5H,4H2,1H3,(H,13,14). The fourth-order valence-electron chi connectivity index (χ4n) is 1.29. The van der Waals surface area contributed by atoms with Crippen LogP contribution in [-0.4, -0.2) is 12.5 Å². The average molecular weight is 213 g/mol. The van der Waals surface area contributed by atoms with Crippen LogP contribution in [0.2, 0.25) is 0 Å². The van der Waals surface area contributed by atoms with Gasteiger partial charge in [-0.2, -0.15) is 0 Å². The highest BCUT2D eigenvalue weighted by molar-refractivity contribution is 5.94. The van der Waals surface area contributed by atoms with Crippen LogP contribution in [0.3, 0.4) is 0 Å². The predicted molar refractivity (Wildman–Crippen MR) is 49.6 cm³/mol. The maximum Gasteiger partial charge on any atom is 0.230 e. The lowest BCUT2D eigenvalue weighted by molar-refractivity contribution is -0.119. The molecule has 1 aliphatic heterocycles. The van der Waals surface area contributed by atoms with Crippen LogP contribution >= 0.6 is 0 Å². The Bertz CT molecular complexity index is 420. The summed E-state index contributed by atoms with van der Waals surface area (Å²) >= 11 is 0. The van der Waals surface area contributed by atoms with E-state index in [0.717, 1.165) is 12.1 Å². The van der Waals surface area contributed by atoms with Crippen LogP contribution in [0.1, 0.15) is 6.92 Å². The Hall–Kier alpha value is -1.65. The smallest absolute Gasteiger partial charge is 0.230 e. The van der Waals surface area contributed by atoms with Gasteiger partial charge < -0.3 is 10.1 Å². The zero-order chi connectivity index (χ0) is 11.0. The molecule has 0 aromatic heterocycles. The molecule has 1 unspecified atom stereocenters. The number of ether oxygens (including phenoxy) is 1. The number of hydrogen-bond donors (Lipinski definition) is 1. The Morgan fingerprint density at radius 3 is 2.80 bits per heavy atom. The number of benzene rings is 1. The zero-order valence-electron chi connectivity index (χ0n) is 8.01. The van der Waals surface area contributed by atoms with E-state index < -0.39 is 11.6 Å². The van der Waals surface area contributed by atoms with E-state index in [0.29, 0.717) is 0 Å². The van der Waals surface area contributed by atoms with Gasteiger partial charge >= 0.3 is 0 Å². The number of rotatable bonds is 0. The van der Waals surface area contributed by atoms with Crippen molar-refractivity contribution >= 4 is 11.6 Å². The molecule has 0 saturated carbocycles. The lowest BCUT2D eigenvalue weighted by atomic mass is 10.2. The quantitative estimate of drug-likeness (QED) is 0.715. The summed E-state index contributed by atoms with van der Waals surface area (Å²) in [7, 11) is 0. The summed E-state index contributed by atoms with van der Waals surface area (Å²) in [6.45, 7) is 1.83. The summed E-state index contributed by atoms with van der Waals surface area (Å²) in [4.78, 5) is 11.4. The van der Waals surface area contributed by atoms with Crippen LogP contribution in [0.15, 0.2) is 12.1 Å². The fraction of sp³-hybridized carbons (Fsp3) is 0.300. The van der Waals surface area contributed by atoms with E-state index in [-0.39, 0.29) is 29.9 Å². The van der Waals surface area contributed by atoms with Gasteiger partial charge in [-0.15, -0.1) is 0 Å². The van der Waals surface area contributed by atoms with Gasteiger partial charge in [0, 0.05) is 12.1 Å². The first-order valence-electron chi connectivity index (χ1n) is 4.50. The van der Waals surface area contributed by atoms with Gasteiger partial charge in [-0.1, -0.05) is 6.92 Å². The summed E-state index contributed by atoms with van der Waals surface area (Å²) in [5.41, 5.74) is 0.170. The SMILES string of the molecule is CC1COc2cc(F)c(F)cc2NC1=O. The molecule has 0 fully saturated rings. The van der Waals surface area contributed by atoms with Gasteiger partial charge in [-0.3, -0.25) is 4.79 Å². The molecule has 5 heteroatoms. The molecule has 1 heterocycles. The highest BCUT2D eigenvalue weighted by atomic mass is 19.2. The number of amides is 1. The topological polar surface area (TPSA) is 38.3 Å². The molecular formula is C10H9F2NO2. The lowest BCUT2D eigenvalue weighted by Gasteiger charge is -2.06. The molecule has 1 N–H and O–H groups in total. The number of anilines is 1. The van der Waals surface area contributed by atoms with Gasteiger partial charge in [-0.25, -0.2) is 8.78 Å². The Morgan fingerprint density at radius 1 is 1.40 bits per heavy atom. The van der Waals surface area contributed by atoms with Gasteiger partial charge in [0.15, 0.2) is 11.6 Å². The molecule has 1 aliphatic rings. The van der Waals surface area contributed by atoms with Gasteiger partial charge in [0.05, 0.1) is 18.2 Å². The van der Waals surface area contributed by atoms with Crippen LogP contribution in [0.5, 0.6) is 5.75 Å².